The predicted octanol–water partition coefficient (Wildman–Crippen LogP) is 19.3. The zero-order valence-electron chi connectivity index (χ0n) is 39.9. The third kappa shape index (κ3) is 46.1. The molecule has 57 heavy (non-hydrogen) atoms. The highest BCUT2D eigenvalue weighted by molar-refractivity contribution is 5.86. The van der Waals surface area contributed by atoms with Crippen molar-refractivity contribution in [1.29, 1.82) is 0 Å². The second kappa shape index (κ2) is 47.8. The van der Waals surface area contributed by atoms with E-state index in [0.29, 0.717) is 6.42 Å². The Kier molecular flexibility index (Phi) is 47.1. The second-order valence-corrected chi connectivity index (χ2v) is 19.1. The Hall–Kier alpha value is -0.860. The molecule has 0 heterocycles. The molecule has 0 amide bonds. The fourth-order valence-corrected chi connectivity index (χ4v) is 8.74. The minimum Gasteiger partial charge on any atom is -0.393 e. The molecule has 0 aromatic carbocycles. The van der Waals surface area contributed by atoms with Crippen molar-refractivity contribution in [3.8, 4) is 0 Å². The van der Waals surface area contributed by atoms with Crippen LogP contribution in [0.2, 0.25) is 0 Å². The van der Waals surface area contributed by atoms with Crippen LogP contribution in [0.1, 0.15) is 323 Å². The molecule has 1 unspecified atom stereocenters. The van der Waals surface area contributed by atoms with Gasteiger partial charge in [0.15, 0.2) is 0 Å². The molecule has 0 aliphatic heterocycles. The van der Waals surface area contributed by atoms with E-state index in [1.165, 1.54) is 250 Å². The lowest BCUT2D eigenvalue weighted by atomic mass is 9.94. The standard InChI is InChI=1S/C54H106O3/c1-5-7-9-11-13-15-17-19-21-26-30-34-38-42-46-50-53(55)57-54(56)52(48-44-40-36-32-28-24-20-18-16-14-12-10-8-6-2)49-45-41-37-33-29-25-22-23-27-31-35-39-43-47-51(3)4/h51-52H,5-50H2,1-4H3. The number of carbonyl (C=O) groups excluding carboxylic acids is 2. The van der Waals surface area contributed by atoms with Crippen LogP contribution >= 0.6 is 0 Å². The SMILES string of the molecule is CCCCCCCCCCCCCCCCCC(=O)OC(=O)C(CCCCCCCCCCCCCCCC)CCCCCCCCCCCCCCCC(C)C. The normalized spacial score (nSPS) is 12.2. The highest BCUT2D eigenvalue weighted by Crippen LogP contribution is 2.23. The molecule has 0 spiro atoms. The molecule has 0 aromatic heterocycles. The molecule has 340 valence electrons. The summed E-state index contributed by atoms with van der Waals surface area (Å²) >= 11 is 0. The summed E-state index contributed by atoms with van der Waals surface area (Å²) in [6, 6.07) is 0. The largest absolute Gasteiger partial charge is 0.393 e. The first-order valence-electron chi connectivity index (χ1n) is 26.8. The Morgan fingerprint density at radius 3 is 0.807 bits per heavy atom. The van der Waals surface area contributed by atoms with Crippen LogP contribution in [-0.2, 0) is 14.3 Å². The molecule has 0 N–H and O–H groups in total. The van der Waals surface area contributed by atoms with Crippen LogP contribution in [0.25, 0.3) is 0 Å². The summed E-state index contributed by atoms with van der Waals surface area (Å²) in [4.78, 5) is 25.9. The van der Waals surface area contributed by atoms with Crippen molar-refractivity contribution in [3.05, 3.63) is 0 Å². The van der Waals surface area contributed by atoms with Crippen LogP contribution in [0.5, 0.6) is 0 Å². The van der Waals surface area contributed by atoms with E-state index in [1.54, 1.807) is 0 Å². The van der Waals surface area contributed by atoms with Gasteiger partial charge in [-0.15, -0.1) is 0 Å². The number of hydrogen-bond donors (Lipinski definition) is 0. The summed E-state index contributed by atoms with van der Waals surface area (Å²) in [5, 5.41) is 0. The van der Waals surface area contributed by atoms with Crippen LogP contribution in [0.4, 0.5) is 0 Å². The molecule has 0 rings (SSSR count). The fourth-order valence-electron chi connectivity index (χ4n) is 8.74. The zero-order valence-corrected chi connectivity index (χ0v) is 39.9. The van der Waals surface area contributed by atoms with E-state index in [1.807, 2.05) is 0 Å². The van der Waals surface area contributed by atoms with Crippen molar-refractivity contribution in [1.82, 2.24) is 0 Å². The Morgan fingerprint density at radius 2 is 0.544 bits per heavy atom. The van der Waals surface area contributed by atoms with Gasteiger partial charge in [-0.25, -0.2) is 0 Å². The van der Waals surface area contributed by atoms with Gasteiger partial charge in [-0.3, -0.25) is 9.59 Å². The van der Waals surface area contributed by atoms with Crippen molar-refractivity contribution in [2.24, 2.45) is 11.8 Å². The zero-order chi connectivity index (χ0) is 41.5. The predicted molar refractivity (Wildman–Crippen MR) is 253 cm³/mol. The number of carbonyl (C=O) groups is 2. The number of unbranched alkanes of at least 4 members (excludes halogenated alkanes) is 39. The third-order valence-electron chi connectivity index (χ3n) is 12.8. The van der Waals surface area contributed by atoms with Crippen molar-refractivity contribution in [2.45, 2.75) is 323 Å². The Bertz CT molecular complexity index is 790. The molecular weight excluding hydrogens is 697 g/mol. The minimum absolute atomic E-state index is 0.0993. The van der Waals surface area contributed by atoms with Gasteiger partial charge in [0, 0.05) is 6.42 Å². The van der Waals surface area contributed by atoms with Gasteiger partial charge in [-0.1, -0.05) is 297 Å². The highest BCUT2D eigenvalue weighted by Gasteiger charge is 2.22. The molecule has 0 saturated heterocycles. The summed E-state index contributed by atoms with van der Waals surface area (Å²) in [7, 11) is 0. The molecule has 0 aliphatic rings. The van der Waals surface area contributed by atoms with E-state index in [0.717, 1.165) is 44.4 Å². The van der Waals surface area contributed by atoms with E-state index < -0.39 is 0 Å². The van der Waals surface area contributed by atoms with E-state index in [2.05, 4.69) is 27.7 Å². The van der Waals surface area contributed by atoms with Gasteiger partial charge in [0.2, 0.25) is 0 Å². The van der Waals surface area contributed by atoms with Crippen LogP contribution in [0, 0.1) is 11.8 Å². The molecule has 0 aromatic rings. The molecule has 0 aliphatic carbocycles. The van der Waals surface area contributed by atoms with Gasteiger partial charge in [0.25, 0.3) is 0 Å². The maximum absolute atomic E-state index is 13.2. The average molecular weight is 803 g/mol. The van der Waals surface area contributed by atoms with Crippen molar-refractivity contribution >= 4 is 11.9 Å². The lowest BCUT2D eigenvalue weighted by Crippen LogP contribution is -2.21. The van der Waals surface area contributed by atoms with E-state index in [4.69, 9.17) is 4.74 Å². The van der Waals surface area contributed by atoms with Crippen LogP contribution in [0.15, 0.2) is 0 Å². The van der Waals surface area contributed by atoms with Crippen molar-refractivity contribution in [2.75, 3.05) is 0 Å². The van der Waals surface area contributed by atoms with E-state index in [-0.39, 0.29) is 17.9 Å². The fraction of sp³-hybridized carbons (Fsp3) is 0.963. The molecule has 0 saturated carbocycles. The number of hydrogen-bond acceptors (Lipinski definition) is 3. The van der Waals surface area contributed by atoms with Gasteiger partial charge >= 0.3 is 11.9 Å². The lowest BCUT2D eigenvalue weighted by Gasteiger charge is -2.15. The lowest BCUT2D eigenvalue weighted by molar-refractivity contribution is -0.163. The summed E-state index contributed by atoms with van der Waals surface area (Å²) in [6.07, 6.45) is 59.6. The van der Waals surface area contributed by atoms with E-state index >= 15 is 0 Å². The van der Waals surface area contributed by atoms with Gasteiger partial charge in [-0.2, -0.15) is 0 Å². The summed E-state index contributed by atoms with van der Waals surface area (Å²) in [5.74, 6) is 0.246. The summed E-state index contributed by atoms with van der Waals surface area (Å²) < 4.78 is 5.50. The molecule has 3 heteroatoms. The first-order valence-corrected chi connectivity index (χ1v) is 26.8. The monoisotopic (exact) mass is 803 g/mol. The van der Waals surface area contributed by atoms with Gasteiger partial charge in [-0.05, 0) is 25.2 Å². The first kappa shape index (κ1) is 56.1. The third-order valence-corrected chi connectivity index (χ3v) is 12.8. The van der Waals surface area contributed by atoms with Gasteiger partial charge < -0.3 is 4.74 Å². The molecule has 0 radical (unpaired) electrons. The topological polar surface area (TPSA) is 43.4 Å². The quantitative estimate of drug-likeness (QED) is 0.0350. The van der Waals surface area contributed by atoms with Gasteiger partial charge in [0.1, 0.15) is 0 Å². The van der Waals surface area contributed by atoms with E-state index in [9.17, 15) is 9.59 Å². The maximum Gasteiger partial charge on any atom is 0.316 e. The molecule has 0 bridgehead atoms. The number of rotatable bonds is 48. The minimum atomic E-state index is -0.285. The number of esters is 2. The van der Waals surface area contributed by atoms with Crippen LogP contribution in [0.3, 0.4) is 0 Å². The van der Waals surface area contributed by atoms with Crippen molar-refractivity contribution in [3.63, 3.8) is 0 Å². The first-order chi connectivity index (χ1) is 28.0. The van der Waals surface area contributed by atoms with Gasteiger partial charge in [0.05, 0.1) is 5.92 Å². The van der Waals surface area contributed by atoms with Crippen LogP contribution in [-0.4, -0.2) is 11.9 Å². The van der Waals surface area contributed by atoms with Crippen molar-refractivity contribution < 1.29 is 14.3 Å². The smallest absolute Gasteiger partial charge is 0.316 e. The number of ether oxygens (including phenoxy) is 1. The van der Waals surface area contributed by atoms with Crippen LogP contribution < -0.4 is 0 Å². The molecule has 1 atom stereocenters. The Labute approximate surface area is 360 Å². The molecule has 3 nitrogen and oxygen atoms in total. The average Bonchev–Trinajstić information content (AvgIpc) is 3.19. The maximum atomic E-state index is 13.2. The second-order valence-electron chi connectivity index (χ2n) is 19.1. The molecule has 0 fully saturated rings. The highest BCUT2D eigenvalue weighted by atomic mass is 16.6. The Balaban J connectivity index is 4.19. The Morgan fingerprint density at radius 1 is 0.316 bits per heavy atom. The summed E-state index contributed by atoms with van der Waals surface area (Å²) in [5.41, 5.74) is 0. The summed E-state index contributed by atoms with van der Waals surface area (Å²) in [6.45, 7) is 9.25. The molecular formula is C54H106O3.